The minimum absolute atomic E-state index is 0.0256. The summed E-state index contributed by atoms with van der Waals surface area (Å²) < 4.78 is 5.58. The van der Waals surface area contributed by atoms with Crippen molar-refractivity contribution in [3.8, 4) is 5.75 Å². The molecular weight excluding hydrogens is 292 g/mol. The maximum atomic E-state index is 12.0. The Hall–Kier alpha value is -2.04. The minimum Gasteiger partial charge on any atom is -0.491 e. The second kappa shape index (κ2) is 9.18. The van der Waals surface area contributed by atoms with Crippen LogP contribution in [-0.2, 0) is 9.59 Å². The molecular formula is C18H28N2O3. The lowest BCUT2D eigenvalue weighted by atomic mass is 10.1. The van der Waals surface area contributed by atoms with Crippen LogP contribution in [0.25, 0.3) is 0 Å². The number of nitrogens with zero attached hydrogens (tertiary/aromatic N) is 1. The third-order valence-electron chi connectivity index (χ3n) is 3.25. The molecule has 0 saturated heterocycles. The molecule has 23 heavy (non-hydrogen) atoms. The van der Waals surface area contributed by atoms with Gasteiger partial charge in [0.05, 0.1) is 6.10 Å². The van der Waals surface area contributed by atoms with Gasteiger partial charge in [0.1, 0.15) is 12.3 Å². The van der Waals surface area contributed by atoms with Gasteiger partial charge in [-0.2, -0.15) is 0 Å². The van der Waals surface area contributed by atoms with Crippen molar-refractivity contribution in [3.63, 3.8) is 0 Å². The van der Waals surface area contributed by atoms with E-state index in [2.05, 4.69) is 19.2 Å². The number of benzene rings is 1. The zero-order chi connectivity index (χ0) is 17.4. The number of nitrogens with one attached hydrogen (secondary N) is 1. The summed E-state index contributed by atoms with van der Waals surface area (Å²) in [5, 5.41) is 2.85. The summed E-state index contributed by atoms with van der Waals surface area (Å²) in [5.74, 6) is 0.964. The molecule has 2 amide bonds. The number of carbonyl (C=O) groups is 2. The van der Waals surface area contributed by atoms with Crippen LogP contribution in [0, 0.1) is 5.92 Å². The Morgan fingerprint density at radius 3 is 2.22 bits per heavy atom. The van der Waals surface area contributed by atoms with Crippen LogP contribution in [0.15, 0.2) is 24.3 Å². The van der Waals surface area contributed by atoms with Crippen molar-refractivity contribution in [3.05, 3.63) is 24.3 Å². The van der Waals surface area contributed by atoms with Crippen LogP contribution in [0.3, 0.4) is 0 Å². The molecule has 0 unspecified atom stereocenters. The van der Waals surface area contributed by atoms with Crippen molar-refractivity contribution in [2.45, 2.75) is 47.1 Å². The standard InChI is InChI=1S/C18H28N2O3/c1-13(2)10-11-19-18(22)12-20(15(5)21)16-6-8-17(9-7-16)23-14(3)4/h6-9,13-14H,10-12H2,1-5H3,(H,19,22). The first-order valence-corrected chi connectivity index (χ1v) is 8.11. The van der Waals surface area contributed by atoms with Gasteiger partial charge >= 0.3 is 0 Å². The van der Waals surface area contributed by atoms with Crippen molar-refractivity contribution in [1.29, 1.82) is 0 Å². The Morgan fingerprint density at radius 1 is 1.13 bits per heavy atom. The zero-order valence-electron chi connectivity index (χ0n) is 14.8. The fourth-order valence-corrected chi connectivity index (χ4v) is 2.06. The van der Waals surface area contributed by atoms with E-state index >= 15 is 0 Å². The molecule has 0 aliphatic carbocycles. The maximum Gasteiger partial charge on any atom is 0.240 e. The van der Waals surface area contributed by atoms with Crippen molar-refractivity contribution in [1.82, 2.24) is 5.32 Å². The molecule has 1 rings (SSSR count). The average Bonchev–Trinajstić information content (AvgIpc) is 2.44. The molecule has 128 valence electrons. The number of rotatable bonds is 8. The second-order valence-electron chi connectivity index (χ2n) is 6.30. The highest BCUT2D eigenvalue weighted by atomic mass is 16.5. The van der Waals surface area contributed by atoms with Crippen molar-refractivity contribution < 1.29 is 14.3 Å². The second-order valence-corrected chi connectivity index (χ2v) is 6.30. The van der Waals surface area contributed by atoms with Gasteiger partial charge in [-0.1, -0.05) is 13.8 Å². The van der Waals surface area contributed by atoms with Crippen molar-refractivity contribution in [2.75, 3.05) is 18.0 Å². The van der Waals surface area contributed by atoms with Crippen LogP contribution in [0.1, 0.15) is 41.0 Å². The lowest BCUT2D eigenvalue weighted by molar-refractivity contribution is -0.123. The number of hydrogen-bond donors (Lipinski definition) is 1. The monoisotopic (exact) mass is 320 g/mol. The van der Waals surface area contributed by atoms with Gasteiger partial charge in [0.15, 0.2) is 0 Å². The van der Waals surface area contributed by atoms with Crippen LogP contribution in [-0.4, -0.2) is 31.0 Å². The Kier molecular flexibility index (Phi) is 7.59. The highest BCUT2D eigenvalue weighted by molar-refractivity contribution is 5.97. The molecule has 0 fully saturated rings. The van der Waals surface area contributed by atoms with Gasteiger partial charge in [-0.25, -0.2) is 0 Å². The van der Waals surface area contributed by atoms with E-state index in [9.17, 15) is 9.59 Å². The van der Waals surface area contributed by atoms with Crippen LogP contribution in [0.4, 0.5) is 5.69 Å². The van der Waals surface area contributed by atoms with E-state index in [4.69, 9.17) is 4.74 Å². The molecule has 0 aromatic heterocycles. The Labute approximate surface area is 139 Å². The Morgan fingerprint density at radius 2 is 1.74 bits per heavy atom. The summed E-state index contributed by atoms with van der Waals surface area (Å²) in [6, 6.07) is 7.20. The molecule has 5 nitrogen and oxygen atoms in total. The first-order valence-electron chi connectivity index (χ1n) is 8.11. The first-order chi connectivity index (χ1) is 10.8. The number of amides is 2. The third-order valence-corrected chi connectivity index (χ3v) is 3.25. The largest absolute Gasteiger partial charge is 0.491 e. The highest BCUT2D eigenvalue weighted by Gasteiger charge is 2.15. The van der Waals surface area contributed by atoms with Crippen molar-refractivity contribution in [2.24, 2.45) is 5.92 Å². The van der Waals surface area contributed by atoms with E-state index in [1.165, 1.54) is 11.8 Å². The van der Waals surface area contributed by atoms with E-state index in [1.807, 2.05) is 26.0 Å². The van der Waals surface area contributed by atoms with E-state index in [0.29, 0.717) is 18.2 Å². The number of carbonyl (C=O) groups excluding carboxylic acids is 2. The zero-order valence-corrected chi connectivity index (χ0v) is 14.8. The Bertz CT molecular complexity index is 510. The van der Waals surface area contributed by atoms with Crippen LogP contribution in [0.2, 0.25) is 0 Å². The van der Waals surface area contributed by atoms with Gasteiger partial charge in [0, 0.05) is 19.2 Å². The molecule has 1 N–H and O–H groups in total. The summed E-state index contributed by atoms with van der Waals surface area (Å²) in [7, 11) is 0. The summed E-state index contributed by atoms with van der Waals surface area (Å²) in [4.78, 5) is 25.3. The van der Waals surface area contributed by atoms with E-state index in [0.717, 1.165) is 12.2 Å². The summed E-state index contributed by atoms with van der Waals surface area (Å²) in [6.45, 7) is 10.2. The fourth-order valence-electron chi connectivity index (χ4n) is 2.06. The lowest BCUT2D eigenvalue weighted by Crippen LogP contribution is -2.40. The predicted molar refractivity (Wildman–Crippen MR) is 92.7 cm³/mol. The number of anilines is 1. The average molecular weight is 320 g/mol. The molecule has 1 aromatic rings. The van der Waals surface area contributed by atoms with Gasteiger partial charge in [-0.3, -0.25) is 9.59 Å². The van der Waals surface area contributed by atoms with Crippen LogP contribution < -0.4 is 15.0 Å². The fraction of sp³-hybridized carbons (Fsp3) is 0.556. The summed E-state index contributed by atoms with van der Waals surface area (Å²) in [6.07, 6.45) is 1.02. The molecule has 0 spiro atoms. The molecule has 0 heterocycles. The molecule has 0 bridgehead atoms. The van der Waals surface area contributed by atoms with E-state index < -0.39 is 0 Å². The molecule has 0 saturated carbocycles. The molecule has 1 aromatic carbocycles. The summed E-state index contributed by atoms with van der Waals surface area (Å²) >= 11 is 0. The van der Waals surface area contributed by atoms with Crippen LogP contribution in [0.5, 0.6) is 5.75 Å². The SMILES string of the molecule is CC(=O)N(CC(=O)NCCC(C)C)c1ccc(OC(C)C)cc1. The van der Waals surface area contributed by atoms with E-state index in [1.54, 1.807) is 12.1 Å². The van der Waals surface area contributed by atoms with Crippen molar-refractivity contribution >= 4 is 17.5 Å². The minimum atomic E-state index is -0.165. The van der Waals surface area contributed by atoms with Gasteiger partial charge in [0.25, 0.3) is 0 Å². The molecule has 0 aliphatic heterocycles. The highest BCUT2D eigenvalue weighted by Crippen LogP contribution is 2.20. The Balaban J connectivity index is 2.67. The third kappa shape index (κ3) is 7.17. The van der Waals surface area contributed by atoms with Gasteiger partial charge in [-0.15, -0.1) is 0 Å². The smallest absolute Gasteiger partial charge is 0.240 e. The van der Waals surface area contributed by atoms with Gasteiger partial charge < -0.3 is 15.0 Å². The normalized spacial score (nSPS) is 10.7. The summed E-state index contributed by atoms with van der Waals surface area (Å²) in [5.41, 5.74) is 0.688. The van der Waals surface area contributed by atoms with Gasteiger partial charge in [-0.05, 0) is 50.5 Å². The number of ether oxygens (including phenoxy) is 1. The van der Waals surface area contributed by atoms with Crippen LogP contribution >= 0.6 is 0 Å². The molecule has 5 heteroatoms. The molecule has 0 radical (unpaired) electrons. The molecule has 0 atom stereocenters. The maximum absolute atomic E-state index is 12.0. The van der Waals surface area contributed by atoms with E-state index in [-0.39, 0.29) is 24.5 Å². The van der Waals surface area contributed by atoms with Gasteiger partial charge in [0.2, 0.25) is 11.8 Å². The first kappa shape index (κ1) is 19.0. The quantitative estimate of drug-likeness (QED) is 0.801. The predicted octanol–water partition coefficient (Wildman–Crippen LogP) is 2.99. The topological polar surface area (TPSA) is 58.6 Å². The number of hydrogen-bond acceptors (Lipinski definition) is 3. The molecule has 0 aliphatic rings. The lowest BCUT2D eigenvalue weighted by Gasteiger charge is -2.21.